The van der Waals surface area contributed by atoms with Gasteiger partial charge in [0, 0.05) is 36.0 Å². The minimum Gasteiger partial charge on any atom is -0.330 e. The minimum atomic E-state index is -4.70. The van der Waals surface area contributed by atoms with Crippen molar-refractivity contribution in [2.24, 2.45) is 0 Å². The van der Waals surface area contributed by atoms with Gasteiger partial charge in [-0.15, -0.1) is 5.06 Å². The number of carbonyl (C=O) groups excluding carboxylic acids is 3. The molecule has 8 nitrogen and oxygen atoms in total. The van der Waals surface area contributed by atoms with Crippen LogP contribution in [0, 0.1) is 0 Å². The van der Waals surface area contributed by atoms with Crippen LogP contribution in [0.1, 0.15) is 90.4 Å². The van der Waals surface area contributed by atoms with Crippen LogP contribution in [-0.4, -0.2) is 70.6 Å². The number of hydrogen-bond donors (Lipinski definition) is 1. The van der Waals surface area contributed by atoms with Crippen molar-refractivity contribution in [2.75, 3.05) is 0 Å². The van der Waals surface area contributed by atoms with E-state index in [1.807, 2.05) is 0 Å². The molecule has 1 heterocycles. The van der Waals surface area contributed by atoms with E-state index in [-0.39, 0.29) is 41.0 Å². The maximum atomic E-state index is 11.7. The number of hydrogen-bond acceptors (Lipinski definition) is 6. The second-order valence-electron chi connectivity index (χ2n) is 6.98. The molecule has 1 fully saturated rings. The van der Waals surface area contributed by atoms with Gasteiger partial charge in [-0.3, -0.25) is 14.1 Å². The molecule has 1 aliphatic heterocycles. The van der Waals surface area contributed by atoms with Gasteiger partial charge in [0.15, 0.2) is 5.25 Å². The summed E-state index contributed by atoms with van der Waals surface area (Å²) >= 11 is 0. The topological polar surface area (TPSA) is 118 Å². The summed E-state index contributed by atoms with van der Waals surface area (Å²) in [6.07, 6.45) is 11.7. The number of rotatable bonds is 14. The molecule has 0 aromatic carbocycles. The van der Waals surface area contributed by atoms with Crippen LogP contribution >= 0.6 is 0 Å². The Hall–Kier alpha value is -0.480. The fourth-order valence-corrected chi connectivity index (χ4v) is 3.70. The van der Waals surface area contributed by atoms with Crippen molar-refractivity contribution >= 4 is 57.5 Å². The van der Waals surface area contributed by atoms with E-state index in [0.717, 1.165) is 19.3 Å². The molecule has 0 aromatic heterocycles. The van der Waals surface area contributed by atoms with E-state index in [9.17, 15) is 22.8 Å². The molecule has 1 aliphatic rings. The van der Waals surface area contributed by atoms with Crippen molar-refractivity contribution in [1.82, 2.24) is 5.06 Å². The summed E-state index contributed by atoms with van der Waals surface area (Å²) in [6, 6.07) is 0. The summed E-state index contributed by atoms with van der Waals surface area (Å²) in [6.45, 7) is 2.20. The predicted molar refractivity (Wildman–Crippen MR) is 105 cm³/mol. The molecule has 10 heteroatoms. The molecule has 28 heavy (non-hydrogen) atoms. The van der Waals surface area contributed by atoms with Crippen LogP contribution in [0.4, 0.5) is 0 Å². The maximum Gasteiger partial charge on any atom is 0.333 e. The largest absolute Gasteiger partial charge is 0.333 e. The van der Waals surface area contributed by atoms with Crippen molar-refractivity contribution in [3.8, 4) is 0 Å². The maximum absolute atomic E-state index is 11.7. The summed E-state index contributed by atoms with van der Waals surface area (Å²) < 4.78 is 30.9. The molecule has 0 aliphatic carbocycles. The predicted octanol–water partition coefficient (Wildman–Crippen LogP) is 2.78. The second-order valence-corrected chi connectivity index (χ2v) is 8.58. The fraction of sp³-hybridized carbons (Fsp3) is 0.833. The van der Waals surface area contributed by atoms with Crippen molar-refractivity contribution < 1.29 is 32.2 Å². The van der Waals surface area contributed by atoms with E-state index >= 15 is 0 Å². The molecule has 1 radical (unpaired) electrons. The molecule has 2 amide bonds. The molecule has 1 saturated heterocycles. The zero-order valence-electron chi connectivity index (χ0n) is 17.0. The first kappa shape index (κ1) is 27.5. The zero-order chi connectivity index (χ0) is 20.3. The quantitative estimate of drug-likeness (QED) is 0.196. The third-order valence-electron chi connectivity index (χ3n) is 4.60. The second kappa shape index (κ2) is 14.5. The van der Waals surface area contributed by atoms with Gasteiger partial charge in [-0.2, -0.15) is 8.42 Å². The van der Waals surface area contributed by atoms with Crippen LogP contribution in [-0.2, 0) is 29.3 Å². The molecule has 1 unspecified atom stereocenters. The molecule has 0 spiro atoms. The standard InChI is InChI=1S/C18H31NO7S.Na/c1-2-3-4-5-6-7-8-9-10-11-12-13-17(21)26-19-16(20)14-15(18(19)22)27(23,24)25;/h15H,2-14H2,1H3,(H,23,24,25);. The Balaban J connectivity index is 0.00000729. The van der Waals surface area contributed by atoms with Crippen molar-refractivity contribution in [1.29, 1.82) is 0 Å². The summed E-state index contributed by atoms with van der Waals surface area (Å²) in [5, 5.41) is -1.74. The molecule has 1 N–H and O–H groups in total. The van der Waals surface area contributed by atoms with Gasteiger partial charge in [0.05, 0.1) is 6.42 Å². The van der Waals surface area contributed by atoms with Crippen molar-refractivity contribution in [2.45, 2.75) is 95.6 Å². The van der Waals surface area contributed by atoms with Crippen LogP contribution in [0.3, 0.4) is 0 Å². The Labute approximate surface area is 189 Å². The van der Waals surface area contributed by atoms with E-state index in [2.05, 4.69) is 11.8 Å². The van der Waals surface area contributed by atoms with Gasteiger partial charge in [0.2, 0.25) is 0 Å². The first-order chi connectivity index (χ1) is 12.8. The average molecular weight is 429 g/mol. The first-order valence-corrected chi connectivity index (χ1v) is 11.3. The Morgan fingerprint density at radius 1 is 1.00 bits per heavy atom. The van der Waals surface area contributed by atoms with Gasteiger partial charge in [-0.05, 0) is 6.42 Å². The number of nitrogens with zero attached hydrogens (tertiary/aromatic N) is 1. The molecule has 0 aromatic rings. The number of hydroxylamine groups is 2. The third-order valence-corrected chi connectivity index (χ3v) is 5.69. The Morgan fingerprint density at radius 3 is 1.89 bits per heavy atom. The summed E-state index contributed by atoms with van der Waals surface area (Å²) in [5.74, 6) is -2.94. The molecular weight excluding hydrogens is 397 g/mol. The van der Waals surface area contributed by atoms with Gasteiger partial charge in [-0.1, -0.05) is 71.1 Å². The smallest absolute Gasteiger partial charge is 0.330 e. The van der Waals surface area contributed by atoms with E-state index in [1.165, 1.54) is 44.9 Å². The number of imide groups is 1. The van der Waals surface area contributed by atoms with Gasteiger partial charge < -0.3 is 4.84 Å². The molecule has 0 saturated carbocycles. The fourth-order valence-electron chi connectivity index (χ4n) is 2.99. The van der Waals surface area contributed by atoms with Crippen molar-refractivity contribution in [3.63, 3.8) is 0 Å². The monoisotopic (exact) mass is 428 g/mol. The van der Waals surface area contributed by atoms with Crippen molar-refractivity contribution in [3.05, 3.63) is 0 Å². The average Bonchev–Trinajstić information content (AvgIpc) is 2.88. The molecular formula is C18H31NNaO7S. The minimum absolute atomic E-state index is 0. The molecule has 1 atom stereocenters. The van der Waals surface area contributed by atoms with E-state index < -0.39 is 39.6 Å². The van der Waals surface area contributed by atoms with E-state index in [1.54, 1.807) is 0 Å². The normalized spacial score (nSPS) is 16.9. The van der Waals surface area contributed by atoms with Crippen LogP contribution in [0.2, 0.25) is 0 Å². The van der Waals surface area contributed by atoms with E-state index in [4.69, 9.17) is 4.55 Å². The van der Waals surface area contributed by atoms with Crippen LogP contribution < -0.4 is 0 Å². The Morgan fingerprint density at radius 2 is 1.46 bits per heavy atom. The molecule has 1 rings (SSSR count). The zero-order valence-corrected chi connectivity index (χ0v) is 19.8. The van der Waals surface area contributed by atoms with Gasteiger partial charge in [0.1, 0.15) is 0 Å². The third kappa shape index (κ3) is 10.3. The van der Waals surface area contributed by atoms with Gasteiger partial charge in [0.25, 0.3) is 21.9 Å². The summed E-state index contributed by atoms with van der Waals surface area (Å²) in [7, 11) is -4.70. The van der Waals surface area contributed by atoms with Crippen LogP contribution in [0.5, 0.6) is 0 Å². The Kier molecular flexibility index (Phi) is 14.2. The van der Waals surface area contributed by atoms with Gasteiger partial charge in [-0.25, -0.2) is 4.79 Å². The Bertz CT molecular complexity index is 609. The first-order valence-electron chi connectivity index (χ1n) is 9.81. The number of unbranched alkanes of at least 4 members (excludes halogenated alkanes) is 10. The SMILES string of the molecule is CCCCCCCCCCCCCC(=O)ON1C(=O)CC(S(=O)(=O)O)C1=O.[Na]. The summed E-state index contributed by atoms with van der Waals surface area (Å²) in [5.41, 5.74) is 0. The molecule has 0 bridgehead atoms. The number of carbonyl (C=O) groups is 3. The van der Waals surface area contributed by atoms with Crippen LogP contribution in [0.25, 0.3) is 0 Å². The van der Waals surface area contributed by atoms with Crippen LogP contribution in [0.15, 0.2) is 0 Å². The molecule has 157 valence electrons. The van der Waals surface area contributed by atoms with E-state index in [0.29, 0.717) is 6.42 Å². The summed E-state index contributed by atoms with van der Waals surface area (Å²) in [4.78, 5) is 39.7. The van der Waals surface area contributed by atoms with Gasteiger partial charge >= 0.3 is 5.97 Å². The number of amides is 2.